The number of ether oxygens (including phenoxy) is 1. The van der Waals surface area contributed by atoms with E-state index in [9.17, 15) is 0 Å². The van der Waals surface area contributed by atoms with E-state index < -0.39 is 0 Å². The fourth-order valence-corrected chi connectivity index (χ4v) is 3.35. The predicted molar refractivity (Wildman–Crippen MR) is 89.8 cm³/mol. The first-order valence-corrected chi connectivity index (χ1v) is 8.23. The lowest BCUT2D eigenvalue weighted by Crippen LogP contribution is -2.27. The van der Waals surface area contributed by atoms with Crippen molar-refractivity contribution in [1.29, 1.82) is 0 Å². The van der Waals surface area contributed by atoms with E-state index in [1.54, 1.807) is 0 Å². The summed E-state index contributed by atoms with van der Waals surface area (Å²) in [6.45, 7) is 3.88. The third-order valence-corrected chi connectivity index (χ3v) is 4.31. The average molecular weight is 346 g/mol. The van der Waals surface area contributed by atoms with Gasteiger partial charge in [0.1, 0.15) is 5.75 Å². The van der Waals surface area contributed by atoms with Crippen molar-refractivity contribution in [2.45, 2.75) is 32.4 Å². The molecule has 0 aliphatic carbocycles. The molecule has 0 amide bonds. The largest absolute Gasteiger partial charge is 0.493 e. The maximum Gasteiger partial charge on any atom is 0.127 e. The summed E-state index contributed by atoms with van der Waals surface area (Å²) < 4.78 is 6.91. The van der Waals surface area contributed by atoms with Gasteiger partial charge in [-0.2, -0.15) is 0 Å². The van der Waals surface area contributed by atoms with Crippen LogP contribution in [0.1, 0.15) is 23.6 Å². The van der Waals surface area contributed by atoms with Crippen LogP contribution < -0.4 is 10.1 Å². The van der Waals surface area contributed by atoms with Crippen LogP contribution in [0.15, 0.2) is 46.9 Å². The summed E-state index contributed by atoms with van der Waals surface area (Å²) in [5, 5.41) is 3.60. The van der Waals surface area contributed by atoms with Crippen LogP contribution in [-0.4, -0.2) is 12.6 Å². The fourth-order valence-electron chi connectivity index (χ4n) is 2.80. The van der Waals surface area contributed by atoms with Crippen LogP contribution in [0.2, 0.25) is 0 Å². The molecule has 1 aliphatic rings. The number of rotatable bonds is 5. The van der Waals surface area contributed by atoms with Crippen molar-refractivity contribution in [3.8, 4) is 5.75 Å². The fraction of sp³-hybridized carbons (Fsp3) is 0.333. The summed E-state index contributed by atoms with van der Waals surface area (Å²) in [6, 6.07) is 15.4. The highest BCUT2D eigenvalue weighted by Gasteiger charge is 2.17. The lowest BCUT2D eigenvalue weighted by molar-refractivity contribution is 0.351. The Morgan fingerprint density at radius 2 is 2.05 bits per heavy atom. The molecule has 2 aromatic carbocycles. The van der Waals surface area contributed by atoms with Crippen molar-refractivity contribution in [2.24, 2.45) is 0 Å². The SMILES string of the molecule is CC(Cc1ccccc1)NCc1cc(Br)cc2c1OCC2. The number of hydrogen-bond donors (Lipinski definition) is 1. The Kier molecular flexibility index (Phi) is 4.61. The van der Waals surface area contributed by atoms with E-state index in [-0.39, 0.29) is 0 Å². The van der Waals surface area contributed by atoms with E-state index in [0.717, 1.165) is 36.2 Å². The molecule has 110 valence electrons. The number of nitrogens with one attached hydrogen (secondary N) is 1. The predicted octanol–water partition coefficient (Wildman–Crippen LogP) is 4.10. The van der Waals surface area contributed by atoms with E-state index in [1.807, 2.05) is 0 Å². The second-order valence-electron chi connectivity index (χ2n) is 5.62. The molecule has 0 bridgehead atoms. The van der Waals surface area contributed by atoms with E-state index in [1.165, 1.54) is 16.7 Å². The third kappa shape index (κ3) is 3.66. The quantitative estimate of drug-likeness (QED) is 0.880. The van der Waals surface area contributed by atoms with Gasteiger partial charge in [0.15, 0.2) is 0 Å². The van der Waals surface area contributed by atoms with Gasteiger partial charge in [-0.05, 0) is 36.6 Å². The van der Waals surface area contributed by atoms with Gasteiger partial charge in [0.05, 0.1) is 6.61 Å². The summed E-state index contributed by atoms with van der Waals surface area (Å²) in [5.74, 6) is 1.08. The Balaban J connectivity index is 1.63. The first-order valence-electron chi connectivity index (χ1n) is 7.44. The lowest BCUT2D eigenvalue weighted by atomic mass is 10.1. The summed E-state index contributed by atoms with van der Waals surface area (Å²) in [7, 11) is 0. The molecule has 1 unspecified atom stereocenters. The number of halogens is 1. The maximum atomic E-state index is 5.77. The van der Waals surface area contributed by atoms with Gasteiger partial charge < -0.3 is 10.1 Å². The van der Waals surface area contributed by atoms with Crippen molar-refractivity contribution in [3.05, 3.63) is 63.6 Å². The van der Waals surface area contributed by atoms with E-state index >= 15 is 0 Å². The maximum absolute atomic E-state index is 5.77. The van der Waals surface area contributed by atoms with Crippen LogP contribution in [0, 0.1) is 0 Å². The van der Waals surface area contributed by atoms with Gasteiger partial charge in [-0.1, -0.05) is 46.3 Å². The molecule has 0 spiro atoms. The van der Waals surface area contributed by atoms with Crippen LogP contribution in [0.25, 0.3) is 0 Å². The summed E-state index contributed by atoms with van der Waals surface area (Å²) in [4.78, 5) is 0. The average Bonchev–Trinajstić information content (AvgIpc) is 2.94. The van der Waals surface area contributed by atoms with E-state index in [0.29, 0.717) is 6.04 Å². The van der Waals surface area contributed by atoms with Crippen molar-refractivity contribution >= 4 is 15.9 Å². The normalized spacial score (nSPS) is 14.6. The zero-order valence-corrected chi connectivity index (χ0v) is 13.8. The minimum atomic E-state index is 0.434. The number of fused-ring (bicyclic) bond motifs is 1. The smallest absolute Gasteiger partial charge is 0.127 e. The molecule has 1 aliphatic heterocycles. The molecule has 2 aromatic rings. The van der Waals surface area contributed by atoms with Crippen LogP contribution >= 0.6 is 15.9 Å². The molecule has 0 radical (unpaired) electrons. The highest BCUT2D eigenvalue weighted by atomic mass is 79.9. The van der Waals surface area contributed by atoms with Gasteiger partial charge >= 0.3 is 0 Å². The number of hydrogen-bond acceptors (Lipinski definition) is 2. The van der Waals surface area contributed by atoms with Gasteiger partial charge in [0.25, 0.3) is 0 Å². The standard InChI is InChI=1S/C18H20BrNO/c1-13(9-14-5-3-2-4-6-14)20-12-16-11-17(19)10-15-7-8-21-18(15)16/h2-6,10-11,13,20H,7-9,12H2,1H3. The second kappa shape index (κ2) is 6.63. The molecule has 0 saturated heterocycles. The number of benzene rings is 2. The van der Waals surface area contributed by atoms with E-state index in [4.69, 9.17) is 4.74 Å². The minimum absolute atomic E-state index is 0.434. The Morgan fingerprint density at radius 1 is 1.24 bits per heavy atom. The third-order valence-electron chi connectivity index (χ3n) is 3.85. The van der Waals surface area contributed by atoms with Gasteiger partial charge in [-0.15, -0.1) is 0 Å². The summed E-state index contributed by atoms with van der Waals surface area (Å²) in [6.07, 6.45) is 2.05. The molecule has 0 saturated carbocycles. The Labute approximate surface area is 134 Å². The van der Waals surface area contributed by atoms with Crippen molar-refractivity contribution in [1.82, 2.24) is 5.32 Å². The van der Waals surface area contributed by atoms with Crippen LogP contribution in [0.3, 0.4) is 0 Å². The first kappa shape index (κ1) is 14.6. The molecule has 2 nitrogen and oxygen atoms in total. The van der Waals surface area contributed by atoms with Crippen molar-refractivity contribution in [2.75, 3.05) is 6.61 Å². The topological polar surface area (TPSA) is 21.3 Å². The summed E-state index contributed by atoms with van der Waals surface area (Å²) >= 11 is 3.59. The molecule has 1 heterocycles. The zero-order chi connectivity index (χ0) is 14.7. The molecule has 0 fully saturated rings. The molecule has 21 heavy (non-hydrogen) atoms. The first-order chi connectivity index (χ1) is 10.2. The Morgan fingerprint density at radius 3 is 2.86 bits per heavy atom. The van der Waals surface area contributed by atoms with Crippen LogP contribution in [0.4, 0.5) is 0 Å². The molecular formula is C18H20BrNO. The molecular weight excluding hydrogens is 326 g/mol. The lowest BCUT2D eigenvalue weighted by Gasteiger charge is -2.16. The van der Waals surface area contributed by atoms with Crippen LogP contribution in [-0.2, 0) is 19.4 Å². The molecule has 3 rings (SSSR count). The van der Waals surface area contributed by atoms with Gasteiger partial charge in [0.2, 0.25) is 0 Å². The second-order valence-corrected chi connectivity index (χ2v) is 6.54. The molecule has 0 aromatic heterocycles. The minimum Gasteiger partial charge on any atom is -0.493 e. The highest BCUT2D eigenvalue weighted by molar-refractivity contribution is 9.10. The van der Waals surface area contributed by atoms with Gasteiger partial charge in [-0.25, -0.2) is 0 Å². The Bertz CT molecular complexity index is 612. The Hall–Kier alpha value is -1.32. The summed E-state index contributed by atoms with van der Waals surface area (Å²) in [5.41, 5.74) is 3.93. The van der Waals surface area contributed by atoms with E-state index in [2.05, 4.69) is 70.6 Å². The monoisotopic (exact) mass is 345 g/mol. The van der Waals surface area contributed by atoms with Gasteiger partial charge in [0, 0.05) is 29.0 Å². The van der Waals surface area contributed by atoms with Crippen LogP contribution in [0.5, 0.6) is 5.75 Å². The van der Waals surface area contributed by atoms with Gasteiger partial charge in [-0.3, -0.25) is 0 Å². The molecule has 1 N–H and O–H groups in total. The van der Waals surface area contributed by atoms with Crippen molar-refractivity contribution < 1.29 is 4.74 Å². The molecule has 1 atom stereocenters. The van der Waals surface area contributed by atoms with Crippen molar-refractivity contribution in [3.63, 3.8) is 0 Å². The highest BCUT2D eigenvalue weighted by Crippen LogP contribution is 2.32. The zero-order valence-electron chi connectivity index (χ0n) is 12.2. The molecule has 3 heteroatoms.